The van der Waals surface area contributed by atoms with Crippen LogP contribution in [0.3, 0.4) is 0 Å². The van der Waals surface area contributed by atoms with Crippen LogP contribution in [0.2, 0.25) is 0 Å². The van der Waals surface area contributed by atoms with Crippen LogP contribution >= 0.6 is 0 Å². The first kappa shape index (κ1) is 12.8. The molecule has 1 unspecified atom stereocenters. The molecule has 0 bridgehead atoms. The monoisotopic (exact) mass is 243 g/mol. The highest BCUT2D eigenvalue weighted by atomic mass is 19.1. The van der Waals surface area contributed by atoms with Gasteiger partial charge >= 0.3 is 0 Å². The molecular formula is C16H18FN. The van der Waals surface area contributed by atoms with Gasteiger partial charge < -0.3 is 5.73 Å². The Kier molecular flexibility index (Phi) is 4.11. The number of rotatable bonds is 4. The van der Waals surface area contributed by atoms with Crippen LogP contribution in [0.25, 0.3) is 0 Å². The summed E-state index contributed by atoms with van der Waals surface area (Å²) in [6.07, 6.45) is 1.75. The van der Waals surface area contributed by atoms with Gasteiger partial charge in [-0.3, -0.25) is 0 Å². The number of benzene rings is 2. The van der Waals surface area contributed by atoms with E-state index in [0.29, 0.717) is 0 Å². The number of aryl methyl sites for hydroxylation is 2. The van der Waals surface area contributed by atoms with E-state index in [1.54, 1.807) is 6.07 Å². The second-order valence-electron chi connectivity index (χ2n) is 4.63. The lowest BCUT2D eigenvalue weighted by atomic mass is 9.97. The predicted molar refractivity (Wildman–Crippen MR) is 72.8 cm³/mol. The lowest BCUT2D eigenvalue weighted by Crippen LogP contribution is -2.11. The highest BCUT2D eigenvalue weighted by molar-refractivity contribution is 5.27. The molecular weight excluding hydrogens is 225 g/mol. The third-order valence-electron chi connectivity index (χ3n) is 3.26. The lowest BCUT2D eigenvalue weighted by molar-refractivity contribution is 0.621. The van der Waals surface area contributed by atoms with Crippen molar-refractivity contribution in [3.63, 3.8) is 0 Å². The van der Waals surface area contributed by atoms with E-state index in [2.05, 4.69) is 0 Å². The molecule has 0 aliphatic carbocycles. The standard InChI is InChI=1S/C16H18FN/c1-12-11-15(17)9-7-13(12)8-10-16(18)14-5-3-2-4-6-14/h2-7,9,11,16H,8,10,18H2,1H3. The largest absolute Gasteiger partial charge is 0.324 e. The fraction of sp³-hybridized carbons (Fsp3) is 0.250. The van der Waals surface area contributed by atoms with Gasteiger partial charge in [0, 0.05) is 6.04 Å². The highest BCUT2D eigenvalue weighted by Crippen LogP contribution is 2.18. The van der Waals surface area contributed by atoms with E-state index in [1.165, 1.54) is 11.6 Å². The molecule has 18 heavy (non-hydrogen) atoms. The maximum atomic E-state index is 13.0. The van der Waals surface area contributed by atoms with Crippen molar-refractivity contribution in [2.24, 2.45) is 5.73 Å². The van der Waals surface area contributed by atoms with Gasteiger partial charge in [-0.1, -0.05) is 36.4 Å². The van der Waals surface area contributed by atoms with Gasteiger partial charge in [-0.25, -0.2) is 4.39 Å². The molecule has 0 radical (unpaired) electrons. The molecule has 0 aliphatic heterocycles. The average Bonchev–Trinajstić information content (AvgIpc) is 2.38. The summed E-state index contributed by atoms with van der Waals surface area (Å²) in [5.74, 6) is -0.177. The molecule has 1 nitrogen and oxygen atoms in total. The van der Waals surface area contributed by atoms with E-state index >= 15 is 0 Å². The molecule has 0 amide bonds. The minimum atomic E-state index is -0.177. The zero-order valence-electron chi connectivity index (χ0n) is 10.6. The predicted octanol–water partition coefficient (Wildman–Crippen LogP) is 3.77. The number of halogens is 1. The first-order valence-electron chi connectivity index (χ1n) is 6.22. The summed E-state index contributed by atoms with van der Waals surface area (Å²) in [7, 11) is 0. The Hall–Kier alpha value is -1.67. The van der Waals surface area contributed by atoms with Crippen molar-refractivity contribution < 1.29 is 4.39 Å². The summed E-state index contributed by atoms with van der Waals surface area (Å²) in [5, 5.41) is 0. The van der Waals surface area contributed by atoms with E-state index in [-0.39, 0.29) is 11.9 Å². The molecule has 2 heteroatoms. The Labute approximate surface area is 107 Å². The third kappa shape index (κ3) is 3.17. The Morgan fingerprint density at radius 2 is 1.83 bits per heavy atom. The van der Waals surface area contributed by atoms with Gasteiger partial charge in [-0.05, 0) is 48.6 Å². The molecule has 0 fully saturated rings. The molecule has 0 spiro atoms. The van der Waals surface area contributed by atoms with E-state index in [4.69, 9.17) is 5.73 Å². The van der Waals surface area contributed by atoms with Crippen molar-refractivity contribution >= 4 is 0 Å². The molecule has 0 saturated heterocycles. The van der Waals surface area contributed by atoms with Gasteiger partial charge in [0.2, 0.25) is 0 Å². The molecule has 2 rings (SSSR count). The van der Waals surface area contributed by atoms with Crippen LogP contribution in [0, 0.1) is 12.7 Å². The first-order chi connectivity index (χ1) is 8.66. The second kappa shape index (κ2) is 5.78. The smallest absolute Gasteiger partial charge is 0.123 e. The van der Waals surface area contributed by atoms with Crippen LogP contribution in [-0.2, 0) is 6.42 Å². The highest BCUT2D eigenvalue weighted by Gasteiger charge is 2.07. The summed E-state index contributed by atoms with van der Waals surface area (Å²) < 4.78 is 13.0. The Morgan fingerprint density at radius 3 is 2.50 bits per heavy atom. The normalized spacial score (nSPS) is 12.4. The molecule has 1 atom stereocenters. The fourth-order valence-electron chi connectivity index (χ4n) is 2.12. The van der Waals surface area contributed by atoms with Gasteiger partial charge in [0.25, 0.3) is 0 Å². The van der Waals surface area contributed by atoms with Crippen molar-refractivity contribution in [3.05, 3.63) is 71.0 Å². The molecule has 0 heterocycles. The zero-order chi connectivity index (χ0) is 13.0. The molecule has 2 aromatic rings. The molecule has 94 valence electrons. The van der Waals surface area contributed by atoms with E-state index in [1.807, 2.05) is 43.3 Å². The van der Waals surface area contributed by atoms with Gasteiger partial charge in [0.15, 0.2) is 0 Å². The molecule has 0 saturated carbocycles. The minimum absolute atomic E-state index is 0.0376. The van der Waals surface area contributed by atoms with Crippen LogP contribution in [0.5, 0.6) is 0 Å². The van der Waals surface area contributed by atoms with Crippen molar-refractivity contribution in [1.29, 1.82) is 0 Å². The van der Waals surface area contributed by atoms with Gasteiger partial charge in [0.1, 0.15) is 5.82 Å². The molecule has 0 aromatic heterocycles. The first-order valence-corrected chi connectivity index (χ1v) is 6.22. The van der Waals surface area contributed by atoms with Crippen LogP contribution in [-0.4, -0.2) is 0 Å². The van der Waals surface area contributed by atoms with Crippen molar-refractivity contribution in [1.82, 2.24) is 0 Å². The second-order valence-corrected chi connectivity index (χ2v) is 4.63. The summed E-state index contributed by atoms with van der Waals surface area (Å²) in [5.41, 5.74) is 9.46. The van der Waals surface area contributed by atoms with Gasteiger partial charge in [-0.15, -0.1) is 0 Å². The fourth-order valence-corrected chi connectivity index (χ4v) is 2.12. The van der Waals surface area contributed by atoms with Crippen molar-refractivity contribution in [3.8, 4) is 0 Å². The lowest BCUT2D eigenvalue weighted by Gasteiger charge is -2.13. The molecule has 2 aromatic carbocycles. The minimum Gasteiger partial charge on any atom is -0.324 e. The Balaban J connectivity index is 1.99. The van der Waals surface area contributed by atoms with Gasteiger partial charge in [-0.2, -0.15) is 0 Å². The van der Waals surface area contributed by atoms with Crippen LogP contribution in [0.15, 0.2) is 48.5 Å². The SMILES string of the molecule is Cc1cc(F)ccc1CCC(N)c1ccccc1. The van der Waals surface area contributed by atoms with Crippen molar-refractivity contribution in [2.75, 3.05) is 0 Å². The van der Waals surface area contributed by atoms with Crippen LogP contribution in [0.4, 0.5) is 4.39 Å². The Bertz CT molecular complexity index is 508. The maximum Gasteiger partial charge on any atom is 0.123 e. The molecule has 2 N–H and O–H groups in total. The van der Waals surface area contributed by atoms with Gasteiger partial charge in [0.05, 0.1) is 0 Å². The number of nitrogens with two attached hydrogens (primary N) is 1. The summed E-state index contributed by atoms with van der Waals surface area (Å²) in [4.78, 5) is 0. The van der Waals surface area contributed by atoms with E-state index in [0.717, 1.165) is 24.0 Å². The average molecular weight is 243 g/mol. The number of hydrogen-bond acceptors (Lipinski definition) is 1. The quantitative estimate of drug-likeness (QED) is 0.869. The molecule has 0 aliphatic rings. The zero-order valence-corrected chi connectivity index (χ0v) is 10.6. The summed E-state index contributed by atoms with van der Waals surface area (Å²) in [6, 6.07) is 15.0. The van der Waals surface area contributed by atoms with Crippen LogP contribution < -0.4 is 5.73 Å². The van der Waals surface area contributed by atoms with E-state index in [9.17, 15) is 4.39 Å². The van der Waals surface area contributed by atoms with Crippen molar-refractivity contribution in [2.45, 2.75) is 25.8 Å². The Morgan fingerprint density at radius 1 is 1.11 bits per heavy atom. The summed E-state index contributed by atoms with van der Waals surface area (Å²) in [6.45, 7) is 1.94. The van der Waals surface area contributed by atoms with E-state index < -0.39 is 0 Å². The maximum absolute atomic E-state index is 13.0. The van der Waals surface area contributed by atoms with Crippen LogP contribution in [0.1, 0.15) is 29.2 Å². The number of hydrogen-bond donors (Lipinski definition) is 1. The summed E-state index contributed by atoms with van der Waals surface area (Å²) >= 11 is 0. The topological polar surface area (TPSA) is 26.0 Å². The third-order valence-corrected chi connectivity index (χ3v) is 3.26.